The normalized spacial score (nSPS) is 15.2. The first-order chi connectivity index (χ1) is 17.6. The lowest BCUT2D eigenvalue weighted by Gasteiger charge is -2.35. The zero-order valence-corrected chi connectivity index (χ0v) is 22.2. The largest absolute Gasteiger partial charge is 0.146 e. The number of rotatable bonds is 3. The summed E-state index contributed by atoms with van der Waals surface area (Å²) in [5.41, 5.74) is 9.10. The first kappa shape index (κ1) is 21.6. The molecule has 0 unspecified atom stereocenters. The van der Waals surface area contributed by atoms with Gasteiger partial charge in [-0.25, -0.2) is 0 Å². The van der Waals surface area contributed by atoms with Crippen LogP contribution in [0.4, 0.5) is 0 Å². The van der Waals surface area contributed by atoms with E-state index in [1.54, 1.807) is 21.5 Å². The van der Waals surface area contributed by atoms with E-state index in [0.717, 1.165) is 12.8 Å². The van der Waals surface area contributed by atoms with Crippen LogP contribution < -0.4 is 5.19 Å². The predicted octanol–water partition coefficient (Wildman–Crippen LogP) is 8.42. The molecule has 0 bridgehead atoms. The van der Waals surface area contributed by atoms with E-state index >= 15 is 0 Å². The van der Waals surface area contributed by atoms with Crippen LogP contribution in [-0.4, -0.2) is 8.07 Å². The van der Waals surface area contributed by atoms with Gasteiger partial charge in [-0.15, -0.1) is 0 Å². The van der Waals surface area contributed by atoms with E-state index in [9.17, 15) is 0 Å². The summed E-state index contributed by atoms with van der Waals surface area (Å²) in [6, 6.07) is 38.8. The number of allylic oxidation sites excluding steroid dienone is 2. The average Bonchev–Trinajstić information content (AvgIpc) is 3.45. The van der Waals surface area contributed by atoms with Gasteiger partial charge in [-0.3, -0.25) is 0 Å². The molecule has 0 N–H and O–H groups in total. The monoisotopic (exact) mass is 478 g/mol. The molecule has 5 aromatic carbocycles. The number of hydrogen-bond donors (Lipinski definition) is 0. The number of benzene rings is 5. The van der Waals surface area contributed by atoms with Crippen LogP contribution in [0.15, 0.2) is 114 Å². The fourth-order valence-corrected chi connectivity index (χ4v) is 12.4. The highest BCUT2D eigenvalue weighted by Crippen LogP contribution is 2.51. The molecule has 0 spiro atoms. The van der Waals surface area contributed by atoms with Crippen LogP contribution in [0.5, 0.6) is 0 Å². The van der Waals surface area contributed by atoms with Crippen molar-refractivity contribution in [3.05, 3.63) is 137 Å². The summed E-state index contributed by atoms with van der Waals surface area (Å²) in [6.45, 7) is 7.42. The Balaban J connectivity index is 1.60. The van der Waals surface area contributed by atoms with Gasteiger partial charge in [0.2, 0.25) is 0 Å². The standard InChI is InChI=1S/C35H30Si/c1-23-21-27-19-17-25-11-7-9-15-30(25)32(27)34(23)36(3,29-13-5-4-6-14-29)35-24(2)22-28-20-18-26-12-8-10-16-31(26)33(28)35/h4-20H,21-22H2,1-3H3. The predicted molar refractivity (Wildman–Crippen MR) is 158 cm³/mol. The van der Waals surface area contributed by atoms with Gasteiger partial charge in [0.05, 0.1) is 0 Å². The molecular weight excluding hydrogens is 448 g/mol. The van der Waals surface area contributed by atoms with Crippen LogP contribution >= 0.6 is 0 Å². The van der Waals surface area contributed by atoms with Crippen LogP contribution in [0, 0.1) is 0 Å². The molecule has 36 heavy (non-hydrogen) atoms. The van der Waals surface area contributed by atoms with Gasteiger partial charge in [0.15, 0.2) is 0 Å². The zero-order valence-electron chi connectivity index (χ0n) is 21.2. The Morgan fingerprint density at radius 2 is 0.944 bits per heavy atom. The molecule has 1 heteroatoms. The minimum absolute atomic E-state index is 1.06. The van der Waals surface area contributed by atoms with E-state index in [1.165, 1.54) is 49.0 Å². The Bertz CT molecular complexity index is 1640. The van der Waals surface area contributed by atoms with Crippen molar-refractivity contribution in [1.82, 2.24) is 0 Å². The second kappa shape index (κ2) is 7.91. The maximum absolute atomic E-state index is 2.63. The van der Waals surface area contributed by atoms with Crippen LogP contribution in [0.2, 0.25) is 6.55 Å². The Labute approximate surface area is 214 Å². The third kappa shape index (κ3) is 2.93. The SMILES string of the molecule is CC1=C([Si](C)(C2=C(C)Cc3ccc4ccccc4c32)c2ccccc2)c2c(ccc3ccccc23)C1. The number of fused-ring (bicyclic) bond motifs is 6. The second-order valence-electron chi connectivity index (χ2n) is 10.8. The molecule has 2 aliphatic carbocycles. The third-order valence-corrected chi connectivity index (χ3v) is 13.5. The lowest BCUT2D eigenvalue weighted by molar-refractivity contribution is 1.20. The molecule has 0 radical (unpaired) electrons. The van der Waals surface area contributed by atoms with Gasteiger partial charge in [0, 0.05) is 0 Å². The van der Waals surface area contributed by atoms with E-state index in [2.05, 4.69) is 124 Å². The topological polar surface area (TPSA) is 0 Å². The summed E-state index contributed by atoms with van der Waals surface area (Å²) in [7, 11) is -2.36. The van der Waals surface area contributed by atoms with Crippen LogP contribution in [0.25, 0.3) is 31.9 Å². The lowest BCUT2D eigenvalue weighted by Crippen LogP contribution is -2.48. The van der Waals surface area contributed by atoms with Crippen molar-refractivity contribution in [3.8, 4) is 0 Å². The second-order valence-corrected chi connectivity index (χ2v) is 14.6. The molecule has 174 valence electrons. The van der Waals surface area contributed by atoms with E-state index in [1.807, 2.05) is 0 Å². The maximum atomic E-state index is 2.63. The summed E-state index contributed by atoms with van der Waals surface area (Å²) in [6.07, 6.45) is 2.11. The van der Waals surface area contributed by atoms with Crippen LogP contribution in [0.3, 0.4) is 0 Å². The lowest BCUT2D eigenvalue weighted by atomic mass is 10.0. The molecule has 0 saturated carbocycles. The molecule has 0 heterocycles. The van der Waals surface area contributed by atoms with Crippen molar-refractivity contribution >= 4 is 45.2 Å². The van der Waals surface area contributed by atoms with Gasteiger partial charge in [-0.05, 0) is 86.1 Å². The molecule has 0 nitrogen and oxygen atoms in total. The van der Waals surface area contributed by atoms with Crippen molar-refractivity contribution in [2.24, 2.45) is 0 Å². The minimum atomic E-state index is -2.36. The molecule has 0 amide bonds. The Morgan fingerprint density at radius 3 is 1.44 bits per heavy atom. The van der Waals surface area contributed by atoms with E-state index in [4.69, 9.17) is 0 Å². The average molecular weight is 479 g/mol. The molecule has 0 saturated heterocycles. The Kier molecular flexibility index (Phi) is 4.74. The Hall–Kier alpha value is -3.68. The van der Waals surface area contributed by atoms with Crippen molar-refractivity contribution in [3.63, 3.8) is 0 Å². The van der Waals surface area contributed by atoms with Crippen LogP contribution in [0.1, 0.15) is 36.1 Å². The quantitative estimate of drug-likeness (QED) is 0.228. The Morgan fingerprint density at radius 1 is 0.500 bits per heavy atom. The summed E-state index contributed by atoms with van der Waals surface area (Å²) in [4.78, 5) is 0. The van der Waals surface area contributed by atoms with Crippen molar-refractivity contribution in [1.29, 1.82) is 0 Å². The van der Waals surface area contributed by atoms with E-state index in [-0.39, 0.29) is 0 Å². The minimum Gasteiger partial charge on any atom is -0.0683 e. The van der Waals surface area contributed by atoms with Gasteiger partial charge < -0.3 is 0 Å². The molecule has 5 aromatic rings. The highest BCUT2D eigenvalue weighted by atomic mass is 28.3. The van der Waals surface area contributed by atoms with Crippen molar-refractivity contribution < 1.29 is 0 Å². The maximum Gasteiger partial charge on any atom is 0.146 e. The van der Waals surface area contributed by atoms with Gasteiger partial charge in [0.1, 0.15) is 8.07 Å². The van der Waals surface area contributed by atoms with Gasteiger partial charge >= 0.3 is 0 Å². The molecule has 7 rings (SSSR count). The fraction of sp³-hybridized carbons (Fsp3) is 0.143. The molecule has 0 aromatic heterocycles. The summed E-state index contributed by atoms with van der Waals surface area (Å²) in [5, 5.41) is 10.3. The van der Waals surface area contributed by atoms with Gasteiger partial charge in [-0.2, -0.15) is 0 Å². The van der Waals surface area contributed by atoms with Gasteiger partial charge in [-0.1, -0.05) is 121 Å². The van der Waals surface area contributed by atoms with Crippen molar-refractivity contribution in [2.75, 3.05) is 0 Å². The highest BCUT2D eigenvalue weighted by molar-refractivity contribution is 7.18. The molecule has 0 aliphatic heterocycles. The highest BCUT2D eigenvalue weighted by Gasteiger charge is 2.46. The smallest absolute Gasteiger partial charge is 0.0683 e. The molecule has 0 atom stereocenters. The first-order valence-corrected chi connectivity index (χ1v) is 15.6. The fourth-order valence-electron chi connectivity index (χ4n) is 7.23. The molecular formula is C35H30Si. The van der Waals surface area contributed by atoms with E-state index < -0.39 is 8.07 Å². The molecule has 2 aliphatic rings. The zero-order chi connectivity index (χ0) is 24.4. The summed E-state index contributed by atoms with van der Waals surface area (Å²) >= 11 is 0. The third-order valence-electron chi connectivity index (χ3n) is 8.65. The van der Waals surface area contributed by atoms with Crippen molar-refractivity contribution in [2.45, 2.75) is 33.2 Å². The first-order valence-electron chi connectivity index (χ1n) is 13.1. The summed E-state index contributed by atoms with van der Waals surface area (Å²) in [5.74, 6) is 0. The van der Waals surface area contributed by atoms with E-state index in [0.29, 0.717) is 0 Å². The molecule has 0 fully saturated rings. The van der Waals surface area contributed by atoms with Crippen LogP contribution in [-0.2, 0) is 12.8 Å². The van der Waals surface area contributed by atoms with Gasteiger partial charge in [0.25, 0.3) is 0 Å². The number of hydrogen-bond acceptors (Lipinski definition) is 0. The summed E-state index contributed by atoms with van der Waals surface area (Å²) < 4.78 is 0.